The number of nitrogens with zero attached hydrogens (tertiary/aromatic N) is 5. The predicted molar refractivity (Wildman–Crippen MR) is 160 cm³/mol. The second kappa shape index (κ2) is 12.3. The van der Waals surface area contributed by atoms with Gasteiger partial charge in [-0.2, -0.15) is 4.31 Å². The van der Waals surface area contributed by atoms with E-state index in [-0.39, 0.29) is 35.6 Å². The lowest BCUT2D eigenvalue weighted by Crippen LogP contribution is -2.49. The molecule has 0 spiro atoms. The van der Waals surface area contributed by atoms with Crippen molar-refractivity contribution in [3.05, 3.63) is 107 Å². The summed E-state index contributed by atoms with van der Waals surface area (Å²) in [6.45, 7) is 6.64. The van der Waals surface area contributed by atoms with Crippen LogP contribution < -0.4 is 0 Å². The van der Waals surface area contributed by atoms with Crippen LogP contribution in [0.2, 0.25) is 0 Å². The van der Waals surface area contributed by atoms with E-state index in [9.17, 15) is 18.1 Å². The number of carbonyl (C=O) groups excluding carboxylic acids is 1. The number of fused-ring (bicyclic) bond motifs is 1. The van der Waals surface area contributed by atoms with E-state index in [0.29, 0.717) is 31.7 Å². The van der Waals surface area contributed by atoms with Gasteiger partial charge in [0, 0.05) is 62.0 Å². The summed E-state index contributed by atoms with van der Waals surface area (Å²) >= 11 is 0. The topological polar surface area (TPSA) is 103 Å². The zero-order chi connectivity index (χ0) is 29.0. The van der Waals surface area contributed by atoms with Gasteiger partial charge in [0.1, 0.15) is 10.6 Å². The standard InChI is InChI=1S/C31H33N5O4S/c1-3-34(4-2)31(37)25-16-14-24(15-17-25)30(26-11-7-9-23-10-8-18-32-29(23)26)35-19-21-36(22-20-35)41(39,40)28-13-6-5-12-27(28)33-38/h5-18,30H,3-4,19-22H2,1-2H3. The zero-order valence-electron chi connectivity index (χ0n) is 23.2. The first kappa shape index (κ1) is 28.5. The van der Waals surface area contributed by atoms with Crippen molar-refractivity contribution in [2.24, 2.45) is 5.18 Å². The summed E-state index contributed by atoms with van der Waals surface area (Å²) in [5.41, 5.74) is 3.42. The number of hydrogen-bond donors (Lipinski definition) is 0. The van der Waals surface area contributed by atoms with E-state index in [1.54, 1.807) is 23.2 Å². The second-order valence-corrected chi connectivity index (χ2v) is 11.8. The Morgan fingerprint density at radius 2 is 1.59 bits per heavy atom. The highest BCUT2D eigenvalue weighted by atomic mass is 32.2. The number of carbonyl (C=O) groups is 1. The van der Waals surface area contributed by atoms with E-state index in [2.05, 4.69) is 16.1 Å². The molecule has 3 aromatic carbocycles. The Balaban J connectivity index is 1.48. The molecule has 1 aliphatic rings. The molecule has 0 saturated carbocycles. The normalized spacial score (nSPS) is 15.5. The summed E-state index contributed by atoms with van der Waals surface area (Å²) in [6, 6.07) is 23.5. The van der Waals surface area contributed by atoms with Gasteiger partial charge in [-0.05, 0) is 54.9 Å². The van der Waals surface area contributed by atoms with E-state index in [0.717, 1.165) is 22.0 Å². The van der Waals surface area contributed by atoms with Gasteiger partial charge in [-0.1, -0.05) is 48.5 Å². The van der Waals surface area contributed by atoms with Crippen LogP contribution in [0.15, 0.2) is 95.1 Å². The van der Waals surface area contributed by atoms with E-state index >= 15 is 0 Å². The van der Waals surface area contributed by atoms with Crippen LogP contribution in [0.25, 0.3) is 10.9 Å². The summed E-state index contributed by atoms with van der Waals surface area (Å²) in [5, 5.41) is 3.94. The molecule has 41 heavy (non-hydrogen) atoms. The lowest BCUT2D eigenvalue weighted by molar-refractivity contribution is 0.0773. The number of para-hydroxylation sites is 1. The van der Waals surface area contributed by atoms with Crippen LogP contribution in [0, 0.1) is 4.91 Å². The number of amides is 1. The number of benzene rings is 3. The van der Waals surface area contributed by atoms with Gasteiger partial charge in [-0.3, -0.25) is 14.7 Å². The Morgan fingerprint density at radius 1 is 0.902 bits per heavy atom. The van der Waals surface area contributed by atoms with E-state index in [1.807, 2.05) is 62.4 Å². The van der Waals surface area contributed by atoms with E-state index in [4.69, 9.17) is 4.98 Å². The van der Waals surface area contributed by atoms with Crippen LogP contribution in [0.3, 0.4) is 0 Å². The van der Waals surface area contributed by atoms with Crippen molar-refractivity contribution >= 4 is 32.5 Å². The molecule has 1 aromatic heterocycles. The molecule has 5 rings (SSSR count). The first-order valence-corrected chi connectivity index (χ1v) is 15.2. The van der Waals surface area contributed by atoms with Gasteiger partial charge in [-0.25, -0.2) is 8.42 Å². The molecule has 0 N–H and O–H groups in total. The highest BCUT2D eigenvalue weighted by Gasteiger charge is 2.34. The van der Waals surface area contributed by atoms with Crippen LogP contribution in [0.1, 0.15) is 41.4 Å². The highest BCUT2D eigenvalue weighted by molar-refractivity contribution is 7.89. The Bertz CT molecular complexity index is 1640. The molecule has 2 heterocycles. The molecule has 1 unspecified atom stereocenters. The number of aromatic nitrogens is 1. The van der Waals surface area contributed by atoms with Gasteiger partial charge >= 0.3 is 0 Å². The average Bonchev–Trinajstić information content (AvgIpc) is 3.02. The lowest BCUT2D eigenvalue weighted by atomic mass is 9.93. The molecular formula is C31H33N5O4S. The number of rotatable bonds is 9. The molecule has 1 amide bonds. The molecule has 1 aliphatic heterocycles. The molecular weight excluding hydrogens is 538 g/mol. The molecule has 212 valence electrons. The second-order valence-electron chi connectivity index (χ2n) is 9.92. The minimum Gasteiger partial charge on any atom is -0.339 e. The Morgan fingerprint density at radius 3 is 2.27 bits per heavy atom. The number of hydrogen-bond acceptors (Lipinski definition) is 7. The first-order chi connectivity index (χ1) is 19.9. The van der Waals surface area contributed by atoms with Crippen molar-refractivity contribution < 1.29 is 13.2 Å². The maximum absolute atomic E-state index is 13.4. The third kappa shape index (κ3) is 5.63. The first-order valence-electron chi connectivity index (χ1n) is 13.8. The minimum absolute atomic E-state index is 0.00570. The predicted octanol–water partition coefficient (Wildman–Crippen LogP) is 5.21. The van der Waals surface area contributed by atoms with Crippen molar-refractivity contribution in [2.45, 2.75) is 24.8 Å². The van der Waals surface area contributed by atoms with Crippen LogP contribution in [0.4, 0.5) is 5.69 Å². The quantitative estimate of drug-likeness (QED) is 0.256. The molecule has 9 nitrogen and oxygen atoms in total. The number of nitroso groups, excluding NO2 is 1. The summed E-state index contributed by atoms with van der Waals surface area (Å²) in [6.07, 6.45) is 1.78. The smallest absolute Gasteiger partial charge is 0.253 e. The third-order valence-corrected chi connectivity index (χ3v) is 9.65. The SMILES string of the molecule is CCN(CC)C(=O)c1ccc(C(c2cccc3cccnc23)N2CCN(S(=O)(=O)c3ccccc3N=O)CC2)cc1. The Labute approximate surface area is 240 Å². The van der Waals surface area contributed by atoms with Crippen molar-refractivity contribution in [3.8, 4) is 0 Å². The molecule has 1 saturated heterocycles. The molecule has 0 radical (unpaired) electrons. The minimum atomic E-state index is -3.89. The van der Waals surface area contributed by atoms with Crippen molar-refractivity contribution in [1.82, 2.24) is 19.1 Å². The number of sulfonamides is 1. The van der Waals surface area contributed by atoms with E-state index < -0.39 is 10.0 Å². The third-order valence-electron chi connectivity index (χ3n) is 7.70. The summed E-state index contributed by atoms with van der Waals surface area (Å²) in [5.74, 6) is -0.00570. The Kier molecular flexibility index (Phi) is 8.53. The molecule has 4 aromatic rings. The summed E-state index contributed by atoms with van der Waals surface area (Å²) in [4.78, 5) is 32.9. The maximum atomic E-state index is 13.4. The fourth-order valence-electron chi connectivity index (χ4n) is 5.53. The van der Waals surface area contributed by atoms with Crippen LogP contribution in [0.5, 0.6) is 0 Å². The molecule has 10 heteroatoms. The summed E-state index contributed by atoms with van der Waals surface area (Å²) < 4.78 is 28.3. The van der Waals surface area contributed by atoms with Crippen molar-refractivity contribution in [2.75, 3.05) is 39.3 Å². The summed E-state index contributed by atoms with van der Waals surface area (Å²) in [7, 11) is -3.89. The highest BCUT2D eigenvalue weighted by Crippen LogP contribution is 2.35. The number of piperazine rings is 1. The van der Waals surface area contributed by atoms with E-state index in [1.165, 1.54) is 16.4 Å². The van der Waals surface area contributed by atoms with Crippen molar-refractivity contribution in [1.29, 1.82) is 0 Å². The lowest BCUT2D eigenvalue weighted by Gasteiger charge is -2.39. The van der Waals surface area contributed by atoms with Gasteiger partial charge < -0.3 is 4.90 Å². The van der Waals surface area contributed by atoms with Crippen LogP contribution in [-0.4, -0.2) is 72.7 Å². The van der Waals surface area contributed by atoms with Crippen LogP contribution in [-0.2, 0) is 10.0 Å². The van der Waals surface area contributed by atoms with Gasteiger partial charge in [0.25, 0.3) is 5.91 Å². The van der Waals surface area contributed by atoms with Crippen LogP contribution >= 0.6 is 0 Å². The van der Waals surface area contributed by atoms with Gasteiger partial charge in [0.2, 0.25) is 10.0 Å². The largest absolute Gasteiger partial charge is 0.339 e. The van der Waals surface area contributed by atoms with Crippen molar-refractivity contribution in [3.63, 3.8) is 0 Å². The van der Waals surface area contributed by atoms with Gasteiger partial charge in [-0.15, -0.1) is 4.91 Å². The monoisotopic (exact) mass is 571 g/mol. The fourth-order valence-corrected chi connectivity index (χ4v) is 7.07. The zero-order valence-corrected chi connectivity index (χ0v) is 24.0. The number of pyridine rings is 1. The average molecular weight is 572 g/mol. The molecule has 0 aliphatic carbocycles. The Hall–Kier alpha value is -3.99. The fraction of sp³-hybridized carbons (Fsp3) is 0.290. The van der Waals surface area contributed by atoms with Gasteiger partial charge in [0.05, 0.1) is 11.6 Å². The van der Waals surface area contributed by atoms with Gasteiger partial charge in [0.15, 0.2) is 0 Å². The molecule has 0 bridgehead atoms. The molecule has 1 atom stereocenters. The maximum Gasteiger partial charge on any atom is 0.253 e. The molecule has 1 fully saturated rings.